The topological polar surface area (TPSA) is 67.4 Å². The van der Waals surface area contributed by atoms with Crippen LogP contribution < -0.4 is 10.6 Å². The molecule has 1 amide bonds. The fourth-order valence-electron chi connectivity index (χ4n) is 1.89. The van der Waals surface area contributed by atoms with Crippen molar-refractivity contribution >= 4 is 58.1 Å². The summed E-state index contributed by atoms with van der Waals surface area (Å²) in [5.74, 6) is -1.17. The Kier molecular flexibility index (Phi) is 6.31. The fourth-order valence-corrected chi connectivity index (χ4v) is 2.49. The summed E-state index contributed by atoms with van der Waals surface area (Å²) in [6.07, 6.45) is 0. The number of hydrogen-bond acceptors (Lipinski definition) is 4. The van der Waals surface area contributed by atoms with Crippen LogP contribution in [0.25, 0.3) is 0 Å². The summed E-state index contributed by atoms with van der Waals surface area (Å²) in [5.41, 5.74) is 1.22. The van der Waals surface area contributed by atoms with E-state index in [2.05, 4.69) is 10.6 Å². The molecule has 0 radical (unpaired) electrons. The molecule has 0 atom stereocenters. The van der Waals surface area contributed by atoms with Gasteiger partial charge >= 0.3 is 5.97 Å². The minimum Gasteiger partial charge on any atom is -0.452 e. The van der Waals surface area contributed by atoms with Gasteiger partial charge in [0.15, 0.2) is 6.61 Å². The Hall–Kier alpha value is -1.95. The van der Waals surface area contributed by atoms with Crippen molar-refractivity contribution in [3.63, 3.8) is 0 Å². The molecule has 2 aromatic rings. The maximum absolute atomic E-state index is 12.0. The average molecular weight is 388 g/mol. The summed E-state index contributed by atoms with van der Waals surface area (Å²) in [4.78, 5) is 24.0. The van der Waals surface area contributed by atoms with Crippen LogP contribution in [0.5, 0.6) is 0 Å². The van der Waals surface area contributed by atoms with E-state index in [-0.39, 0.29) is 20.8 Å². The number of halogens is 3. The van der Waals surface area contributed by atoms with Crippen molar-refractivity contribution in [3.05, 3.63) is 57.0 Å². The molecule has 0 unspecified atom stereocenters. The van der Waals surface area contributed by atoms with Crippen LogP contribution >= 0.6 is 34.8 Å². The highest BCUT2D eigenvalue weighted by Crippen LogP contribution is 2.32. The van der Waals surface area contributed by atoms with Gasteiger partial charge in [0.25, 0.3) is 5.91 Å². The van der Waals surface area contributed by atoms with Gasteiger partial charge in [-0.1, -0.05) is 46.9 Å². The Morgan fingerprint density at radius 2 is 1.67 bits per heavy atom. The maximum atomic E-state index is 12.0. The lowest BCUT2D eigenvalue weighted by atomic mass is 10.2. The van der Waals surface area contributed by atoms with Crippen LogP contribution in [-0.2, 0) is 9.53 Å². The molecular weight excluding hydrogens is 375 g/mol. The third-order valence-electron chi connectivity index (χ3n) is 3.03. The minimum absolute atomic E-state index is 0.226. The Labute approximate surface area is 153 Å². The maximum Gasteiger partial charge on any atom is 0.340 e. The summed E-state index contributed by atoms with van der Waals surface area (Å²) >= 11 is 17.7. The van der Waals surface area contributed by atoms with Gasteiger partial charge in [0.2, 0.25) is 0 Å². The standard InChI is InChI=1S/C16H13Cl3N2O3/c1-20-13-5-3-2-4-9(13)16(23)24-8-15(22)21-14-7-11(18)10(17)6-12(14)19/h2-7,20H,8H2,1H3,(H,21,22). The normalized spacial score (nSPS) is 10.2. The van der Waals surface area contributed by atoms with Crippen molar-refractivity contribution in [2.45, 2.75) is 0 Å². The van der Waals surface area contributed by atoms with E-state index in [1.54, 1.807) is 31.3 Å². The zero-order chi connectivity index (χ0) is 17.7. The number of nitrogens with one attached hydrogen (secondary N) is 2. The van der Waals surface area contributed by atoms with E-state index in [1.807, 2.05) is 0 Å². The van der Waals surface area contributed by atoms with Crippen molar-refractivity contribution in [2.24, 2.45) is 0 Å². The molecule has 0 aliphatic carbocycles. The van der Waals surface area contributed by atoms with E-state index in [1.165, 1.54) is 12.1 Å². The zero-order valence-electron chi connectivity index (χ0n) is 12.5. The largest absolute Gasteiger partial charge is 0.452 e. The Morgan fingerprint density at radius 3 is 2.38 bits per heavy atom. The molecule has 0 aliphatic heterocycles. The fraction of sp³-hybridized carbons (Fsp3) is 0.125. The molecule has 0 fully saturated rings. The Morgan fingerprint density at radius 1 is 1.00 bits per heavy atom. The molecule has 0 spiro atoms. The lowest BCUT2D eigenvalue weighted by Crippen LogP contribution is -2.21. The number of para-hydroxylation sites is 1. The minimum atomic E-state index is -0.615. The molecule has 0 heterocycles. The molecule has 5 nitrogen and oxygen atoms in total. The van der Waals surface area contributed by atoms with Gasteiger partial charge in [-0.05, 0) is 24.3 Å². The molecule has 0 saturated heterocycles. The van der Waals surface area contributed by atoms with Crippen LogP contribution in [0.4, 0.5) is 11.4 Å². The van der Waals surface area contributed by atoms with Crippen molar-refractivity contribution in [3.8, 4) is 0 Å². The molecule has 0 saturated carbocycles. The van der Waals surface area contributed by atoms with Crippen molar-refractivity contribution in [2.75, 3.05) is 24.3 Å². The van der Waals surface area contributed by atoms with Crippen LogP contribution in [0, 0.1) is 0 Å². The first-order chi connectivity index (χ1) is 11.4. The predicted molar refractivity (Wildman–Crippen MR) is 96.4 cm³/mol. The smallest absolute Gasteiger partial charge is 0.340 e. The predicted octanol–water partition coefficient (Wildman–Crippen LogP) is 4.48. The summed E-state index contributed by atoms with van der Waals surface area (Å²) < 4.78 is 5.01. The highest BCUT2D eigenvalue weighted by Gasteiger charge is 2.15. The van der Waals surface area contributed by atoms with Gasteiger partial charge in [-0.3, -0.25) is 4.79 Å². The van der Waals surface area contributed by atoms with Gasteiger partial charge in [0.05, 0.1) is 26.3 Å². The van der Waals surface area contributed by atoms with Crippen molar-refractivity contribution in [1.29, 1.82) is 0 Å². The van der Waals surface area contributed by atoms with E-state index < -0.39 is 18.5 Å². The number of rotatable bonds is 5. The number of hydrogen-bond donors (Lipinski definition) is 2. The number of anilines is 2. The molecule has 0 bridgehead atoms. The van der Waals surface area contributed by atoms with Gasteiger partial charge in [-0.2, -0.15) is 0 Å². The van der Waals surface area contributed by atoms with Crippen LogP contribution in [0.1, 0.15) is 10.4 Å². The molecule has 8 heteroatoms. The molecular formula is C16H13Cl3N2O3. The van der Waals surface area contributed by atoms with E-state index >= 15 is 0 Å². The van der Waals surface area contributed by atoms with E-state index in [0.29, 0.717) is 11.3 Å². The average Bonchev–Trinajstić information content (AvgIpc) is 2.57. The number of carbonyl (C=O) groups is 2. The summed E-state index contributed by atoms with van der Waals surface area (Å²) in [7, 11) is 1.69. The summed E-state index contributed by atoms with van der Waals surface area (Å²) in [6, 6.07) is 9.64. The number of carbonyl (C=O) groups excluding carboxylic acids is 2. The zero-order valence-corrected chi connectivity index (χ0v) is 14.8. The van der Waals surface area contributed by atoms with Gasteiger partial charge in [0, 0.05) is 12.7 Å². The van der Waals surface area contributed by atoms with Crippen molar-refractivity contribution < 1.29 is 14.3 Å². The second kappa shape index (κ2) is 8.24. The van der Waals surface area contributed by atoms with Crippen LogP contribution in [0.15, 0.2) is 36.4 Å². The summed E-state index contributed by atoms with van der Waals surface area (Å²) in [5, 5.41) is 6.13. The van der Waals surface area contributed by atoms with Gasteiger partial charge in [0.1, 0.15) is 0 Å². The Bertz CT molecular complexity index is 781. The number of esters is 1. The van der Waals surface area contributed by atoms with Gasteiger partial charge in [-0.25, -0.2) is 4.79 Å². The van der Waals surface area contributed by atoms with E-state index in [4.69, 9.17) is 39.5 Å². The second-order valence-corrected chi connectivity index (χ2v) is 5.89. The molecule has 2 aromatic carbocycles. The molecule has 126 valence electrons. The molecule has 24 heavy (non-hydrogen) atoms. The second-order valence-electron chi connectivity index (χ2n) is 4.67. The SMILES string of the molecule is CNc1ccccc1C(=O)OCC(=O)Nc1cc(Cl)c(Cl)cc1Cl. The van der Waals surface area contributed by atoms with Crippen molar-refractivity contribution in [1.82, 2.24) is 0 Å². The van der Waals surface area contributed by atoms with Gasteiger partial charge < -0.3 is 15.4 Å². The Balaban J connectivity index is 1.98. The monoisotopic (exact) mass is 386 g/mol. The van der Waals surface area contributed by atoms with Gasteiger partial charge in [-0.15, -0.1) is 0 Å². The number of amides is 1. The lowest BCUT2D eigenvalue weighted by Gasteiger charge is -2.10. The van der Waals surface area contributed by atoms with E-state index in [0.717, 1.165) is 0 Å². The first kappa shape index (κ1) is 18.4. The van der Waals surface area contributed by atoms with E-state index in [9.17, 15) is 9.59 Å². The molecule has 0 aliphatic rings. The highest BCUT2D eigenvalue weighted by molar-refractivity contribution is 6.44. The molecule has 2 rings (SSSR count). The number of benzene rings is 2. The van der Waals surface area contributed by atoms with Crippen LogP contribution in [0.3, 0.4) is 0 Å². The summed E-state index contributed by atoms with van der Waals surface area (Å²) in [6.45, 7) is -0.465. The van der Waals surface area contributed by atoms with Crippen LogP contribution in [0.2, 0.25) is 15.1 Å². The molecule has 2 N–H and O–H groups in total. The third kappa shape index (κ3) is 4.54. The molecule has 0 aromatic heterocycles. The van der Waals surface area contributed by atoms with Crippen LogP contribution in [-0.4, -0.2) is 25.5 Å². The quantitative estimate of drug-likeness (QED) is 0.586. The first-order valence-corrected chi connectivity index (χ1v) is 7.94. The number of ether oxygens (including phenoxy) is 1. The third-order valence-corrected chi connectivity index (χ3v) is 4.07. The highest BCUT2D eigenvalue weighted by atomic mass is 35.5. The first-order valence-electron chi connectivity index (χ1n) is 6.80. The lowest BCUT2D eigenvalue weighted by molar-refractivity contribution is -0.119.